The molecule has 7 nitrogen and oxygen atoms in total. The second kappa shape index (κ2) is 10.5. The smallest absolute Gasteiger partial charge is 0.305 e. The highest BCUT2D eigenvalue weighted by Gasteiger charge is 2.69. The zero-order valence-electron chi connectivity index (χ0n) is 23.4. The van der Waals surface area contributed by atoms with Crippen molar-refractivity contribution in [3.05, 3.63) is 103 Å². The molecule has 4 aliphatic rings. The molecule has 3 fully saturated rings. The first kappa shape index (κ1) is 27.9. The second-order valence-corrected chi connectivity index (χ2v) is 14.4. The number of carbonyl (C=O) groups is 2. The zero-order chi connectivity index (χ0) is 30.3. The van der Waals surface area contributed by atoms with Crippen LogP contribution in [-0.4, -0.2) is 29.2 Å². The van der Waals surface area contributed by atoms with E-state index in [2.05, 4.69) is 4.98 Å². The topological polar surface area (TPSA) is 88.7 Å². The van der Waals surface area contributed by atoms with Crippen molar-refractivity contribution in [2.45, 2.75) is 29.2 Å². The van der Waals surface area contributed by atoms with Crippen LogP contribution < -0.4 is 19.2 Å². The molecule has 2 amide bonds. The number of nitrogens with one attached hydrogen (secondary N) is 1. The van der Waals surface area contributed by atoms with Gasteiger partial charge in [-0.1, -0.05) is 41.1 Å². The van der Waals surface area contributed by atoms with Crippen LogP contribution in [0.15, 0.2) is 76.6 Å². The molecular formula is C33H26ClFN2O5S2. The fourth-order valence-electron chi connectivity index (χ4n) is 7.97. The van der Waals surface area contributed by atoms with E-state index in [1.54, 1.807) is 18.9 Å². The third-order valence-corrected chi connectivity index (χ3v) is 12.5. The number of hydrogen-bond acceptors (Lipinski definition) is 7. The van der Waals surface area contributed by atoms with E-state index in [1.807, 2.05) is 42.5 Å². The number of carbonyl (C=O) groups excluding carboxylic acids is 2. The lowest BCUT2D eigenvalue weighted by molar-refractivity contribution is -0.123. The Morgan fingerprint density at radius 1 is 0.955 bits per heavy atom. The van der Waals surface area contributed by atoms with Gasteiger partial charge in [0.2, 0.25) is 11.8 Å². The summed E-state index contributed by atoms with van der Waals surface area (Å²) in [5.74, 6) is -0.687. The van der Waals surface area contributed by atoms with Crippen molar-refractivity contribution in [1.82, 2.24) is 4.98 Å². The molecule has 1 N–H and O–H groups in total. The lowest BCUT2D eigenvalue weighted by atomic mass is 9.68. The molecule has 4 aromatic rings. The Labute approximate surface area is 265 Å². The molecule has 2 aliphatic heterocycles. The van der Waals surface area contributed by atoms with E-state index >= 15 is 0 Å². The molecule has 1 aromatic heterocycles. The SMILES string of the molecule is COc1cc([C@@H]2c3sc(=O)[nH]c3S[C@@H]3[C@@H]4C[C@@H]([C@@H]5C(=O)N(c6ccc(F)cc6)C(=O)[C@@H]45)[C@@H]23)ccc1OCc1ccc(Cl)cc1. The summed E-state index contributed by atoms with van der Waals surface area (Å²) in [6.45, 7) is 0.342. The number of anilines is 1. The first-order valence-corrected chi connectivity index (χ1v) is 16.5. The van der Waals surface area contributed by atoms with Gasteiger partial charge in [0.05, 0.1) is 29.7 Å². The first-order valence-electron chi connectivity index (χ1n) is 14.4. The molecule has 0 unspecified atom stereocenters. The number of thioether (sulfide) groups is 1. The highest BCUT2D eigenvalue weighted by atomic mass is 35.5. The van der Waals surface area contributed by atoms with E-state index in [1.165, 1.54) is 40.5 Å². The zero-order valence-corrected chi connectivity index (χ0v) is 25.8. The number of aromatic nitrogens is 1. The number of halogens is 2. The van der Waals surface area contributed by atoms with Gasteiger partial charge < -0.3 is 14.5 Å². The third-order valence-electron chi connectivity index (χ3n) is 9.66. The molecule has 1 saturated heterocycles. The Bertz CT molecular complexity index is 1860. The van der Waals surface area contributed by atoms with Gasteiger partial charge in [0.15, 0.2) is 11.5 Å². The maximum Gasteiger partial charge on any atom is 0.305 e. The molecule has 3 aromatic carbocycles. The molecule has 0 spiro atoms. The molecule has 224 valence electrons. The molecule has 2 saturated carbocycles. The van der Waals surface area contributed by atoms with Crippen LogP contribution in [0.1, 0.15) is 28.3 Å². The van der Waals surface area contributed by atoms with Crippen molar-refractivity contribution < 1.29 is 23.5 Å². The normalized spacial score (nSPS) is 28.2. The summed E-state index contributed by atoms with van der Waals surface area (Å²) in [6.07, 6.45) is 0.779. The quantitative estimate of drug-likeness (QED) is 0.240. The van der Waals surface area contributed by atoms with E-state index in [9.17, 15) is 18.8 Å². The summed E-state index contributed by atoms with van der Waals surface area (Å²) in [4.78, 5) is 45.4. The number of fused-ring (bicyclic) bond motifs is 9. The van der Waals surface area contributed by atoms with Crippen molar-refractivity contribution in [2.24, 2.45) is 29.6 Å². The molecule has 8 rings (SSSR count). The number of methoxy groups -OCH3 is 1. The predicted octanol–water partition coefficient (Wildman–Crippen LogP) is 6.49. The number of rotatable bonds is 6. The van der Waals surface area contributed by atoms with Crippen molar-refractivity contribution in [3.8, 4) is 11.5 Å². The molecular weight excluding hydrogens is 623 g/mol. The molecule has 11 heteroatoms. The number of thiazole rings is 1. The fraction of sp³-hybridized carbons (Fsp3) is 0.303. The maximum atomic E-state index is 13.9. The van der Waals surface area contributed by atoms with Gasteiger partial charge in [0, 0.05) is 21.1 Å². The van der Waals surface area contributed by atoms with Crippen LogP contribution in [0.4, 0.5) is 10.1 Å². The van der Waals surface area contributed by atoms with Crippen LogP contribution in [0.2, 0.25) is 5.02 Å². The van der Waals surface area contributed by atoms with E-state index in [-0.39, 0.29) is 45.6 Å². The first-order chi connectivity index (χ1) is 21.3. The Hall–Kier alpha value is -3.60. The lowest BCUT2D eigenvalue weighted by Crippen LogP contribution is -2.42. The molecule has 0 radical (unpaired) electrons. The number of hydrogen-bond donors (Lipinski definition) is 1. The Balaban J connectivity index is 1.14. The van der Waals surface area contributed by atoms with Gasteiger partial charge in [0.1, 0.15) is 12.4 Å². The second-order valence-electron chi connectivity index (χ2n) is 11.8. The average Bonchev–Trinajstić information content (AvgIpc) is 3.76. The minimum Gasteiger partial charge on any atom is -0.493 e. The summed E-state index contributed by atoms with van der Waals surface area (Å²) >= 11 is 8.87. The number of nitrogens with zero attached hydrogens (tertiary/aromatic N) is 1. The van der Waals surface area contributed by atoms with Crippen LogP contribution in [0.25, 0.3) is 0 Å². The summed E-state index contributed by atoms with van der Waals surface area (Å²) in [6, 6.07) is 18.9. The minimum absolute atomic E-state index is 0.00942. The number of amides is 2. The Kier molecular flexibility index (Phi) is 6.66. The highest BCUT2D eigenvalue weighted by Crippen LogP contribution is 2.68. The van der Waals surface area contributed by atoms with Crippen LogP contribution in [0.5, 0.6) is 11.5 Å². The number of benzene rings is 3. The van der Waals surface area contributed by atoms with Crippen molar-refractivity contribution in [1.29, 1.82) is 0 Å². The number of imide groups is 1. The van der Waals surface area contributed by atoms with E-state index in [0.29, 0.717) is 28.8 Å². The van der Waals surface area contributed by atoms with Crippen LogP contribution in [0.3, 0.4) is 0 Å². The maximum absolute atomic E-state index is 13.9. The average molecular weight is 649 g/mol. The summed E-state index contributed by atoms with van der Waals surface area (Å²) in [5.41, 5.74) is 2.35. The lowest BCUT2D eigenvalue weighted by Gasteiger charge is -2.43. The van der Waals surface area contributed by atoms with Crippen molar-refractivity contribution in [2.75, 3.05) is 12.0 Å². The summed E-state index contributed by atoms with van der Waals surface area (Å²) in [7, 11) is 1.60. The summed E-state index contributed by atoms with van der Waals surface area (Å²) < 4.78 is 25.5. The number of aromatic amines is 1. The predicted molar refractivity (Wildman–Crippen MR) is 166 cm³/mol. The number of ether oxygens (including phenoxy) is 2. The number of H-pyrrole nitrogens is 1. The van der Waals surface area contributed by atoms with Crippen molar-refractivity contribution >= 4 is 52.2 Å². The van der Waals surface area contributed by atoms with Gasteiger partial charge in [-0.2, -0.15) is 0 Å². The molecule has 3 heterocycles. The van der Waals surface area contributed by atoms with Gasteiger partial charge in [-0.05, 0) is 83.8 Å². The van der Waals surface area contributed by atoms with Gasteiger partial charge in [-0.25, -0.2) is 4.39 Å². The Morgan fingerprint density at radius 2 is 1.68 bits per heavy atom. The fourth-order valence-corrected chi connectivity index (χ4v) is 11.0. The third kappa shape index (κ3) is 4.25. The van der Waals surface area contributed by atoms with E-state index in [4.69, 9.17) is 21.1 Å². The van der Waals surface area contributed by atoms with Gasteiger partial charge in [-0.3, -0.25) is 19.3 Å². The van der Waals surface area contributed by atoms with Crippen LogP contribution in [0, 0.1) is 35.4 Å². The van der Waals surface area contributed by atoms with Crippen molar-refractivity contribution in [3.63, 3.8) is 0 Å². The van der Waals surface area contributed by atoms with Crippen LogP contribution >= 0.6 is 34.7 Å². The minimum atomic E-state index is -0.442. The van der Waals surface area contributed by atoms with Gasteiger partial charge in [-0.15, -0.1) is 11.8 Å². The van der Waals surface area contributed by atoms with Gasteiger partial charge in [0.25, 0.3) is 0 Å². The highest BCUT2D eigenvalue weighted by molar-refractivity contribution is 8.00. The molecule has 7 atom stereocenters. The van der Waals surface area contributed by atoms with E-state index in [0.717, 1.165) is 27.5 Å². The largest absolute Gasteiger partial charge is 0.493 e. The Morgan fingerprint density at radius 3 is 2.41 bits per heavy atom. The molecule has 2 aliphatic carbocycles. The molecule has 2 bridgehead atoms. The van der Waals surface area contributed by atoms with Gasteiger partial charge >= 0.3 is 4.87 Å². The van der Waals surface area contributed by atoms with E-state index < -0.39 is 17.7 Å². The molecule has 44 heavy (non-hydrogen) atoms. The monoisotopic (exact) mass is 648 g/mol. The van der Waals surface area contributed by atoms with Crippen LogP contribution in [-0.2, 0) is 16.2 Å². The standard InChI is InChI=1S/C33H26ClFN2O5S2/c1-41-23-12-16(4-11-22(23)42-14-15-2-5-17(34)6-3-15)24-25-20-13-21(28(25)43-30-29(24)44-33(40)36-30)27-26(20)31(38)37(32(27)39)19-9-7-18(35)8-10-19/h2-12,20-21,24-28H,13-14H2,1H3,(H,36,40)/t20-,21-,24+,25+,26+,27+,28-/m1/s1. The summed E-state index contributed by atoms with van der Waals surface area (Å²) in [5, 5.41) is 1.55.